The van der Waals surface area contributed by atoms with Crippen LogP contribution in [0.15, 0.2) is 66.9 Å². The summed E-state index contributed by atoms with van der Waals surface area (Å²) in [6.45, 7) is 0. The lowest BCUT2D eigenvalue weighted by atomic mass is 10.2. The number of carbonyl (C=O) groups excluding carboxylic acids is 2. The average molecular weight is 377 g/mol. The first kappa shape index (κ1) is 18.9. The molecule has 1 aromatic heterocycles. The van der Waals surface area contributed by atoms with Crippen molar-refractivity contribution < 1.29 is 19.1 Å². The second kappa shape index (κ2) is 8.68. The van der Waals surface area contributed by atoms with E-state index in [9.17, 15) is 9.59 Å². The van der Waals surface area contributed by atoms with Crippen LogP contribution in [0.5, 0.6) is 5.75 Å². The summed E-state index contributed by atoms with van der Waals surface area (Å²) in [5.74, 6) is -0.102. The maximum Gasteiger partial charge on any atom is 0.337 e. The van der Waals surface area contributed by atoms with E-state index in [0.29, 0.717) is 16.9 Å². The van der Waals surface area contributed by atoms with Gasteiger partial charge in [0, 0.05) is 23.3 Å². The first-order valence-electron chi connectivity index (χ1n) is 8.46. The van der Waals surface area contributed by atoms with Crippen LogP contribution in [0.3, 0.4) is 0 Å². The topological polar surface area (TPSA) is 89.5 Å². The summed E-state index contributed by atoms with van der Waals surface area (Å²) in [5, 5.41) is 5.94. The summed E-state index contributed by atoms with van der Waals surface area (Å²) in [5.41, 5.74) is 2.63. The summed E-state index contributed by atoms with van der Waals surface area (Å²) >= 11 is 0. The molecule has 7 nitrogen and oxygen atoms in total. The van der Waals surface area contributed by atoms with Crippen LogP contribution >= 0.6 is 0 Å². The first-order chi connectivity index (χ1) is 13.6. The molecule has 0 aliphatic heterocycles. The molecule has 0 fully saturated rings. The Hall–Kier alpha value is -3.87. The van der Waals surface area contributed by atoms with Crippen LogP contribution in [0, 0.1) is 0 Å². The third kappa shape index (κ3) is 4.64. The maximum atomic E-state index is 12.5. The zero-order valence-corrected chi connectivity index (χ0v) is 15.4. The van der Waals surface area contributed by atoms with Crippen molar-refractivity contribution in [3.8, 4) is 5.75 Å². The lowest BCUT2D eigenvalue weighted by Gasteiger charge is -2.10. The Bertz CT molecular complexity index is 987. The minimum absolute atomic E-state index is 0.238. The monoisotopic (exact) mass is 377 g/mol. The summed E-state index contributed by atoms with van der Waals surface area (Å²) < 4.78 is 9.82. The van der Waals surface area contributed by atoms with Crippen LogP contribution in [-0.2, 0) is 4.74 Å². The number of hydrogen-bond donors (Lipinski definition) is 2. The Morgan fingerprint density at radius 2 is 1.68 bits per heavy atom. The number of pyridine rings is 1. The second-order valence-corrected chi connectivity index (χ2v) is 5.81. The van der Waals surface area contributed by atoms with E-state index >= 15 is 0 Å². The second-order valence-electron chi connectivity index (χ2n) is 5.81. The number of anilines is 3. The van der Waals surface area contributed by atoms with Crippen molar-refractivity contribution in [3.63, 3.8) is 0 Å². The minimum Gasteiger partial charge on any atom is -0.497 e. The average Bonchev–Trinajstić information content (AvgIpc) is 2.74. The lowest BCUT2D eigenvalue weighted by molar-refractivity contribution is 0.0600. The number of nitrogens with zero attached hydrogens (tertiary/aromatic N) is 1. The maximum absolute atomic E-state index is 12.5. The van der Waals surface area contributed by atoms with Crippen molar-refractivity contribution in [3.05, 3.63) is 78.1 Å². The number of amides is 1. The highest BCUT2D eigenvalue weighted by molar-refractivity contribution is 6.04. The molecule has 0 saturated carbocycles. The number of ether oxygens (including phenoxy) is 2. The van der Waals surface area contributed by atoms with Gasteiger partial charge in [-0.05, 0) is 54.6 Å². The van der Waals surface area contributed by atoms with Gasteiger partial charge in [0.1, 0.15) is 11.4 Å². The van der Waals surface area contributed by atoms with Gasteiger partial charge in [0.05, 0.1) is 19.8 Å². The van der Waals surface area contributed by atoms with Gasteiger partial charge in [0.2, 0.25) is 0 Å². The highest BCUT2D eigenvalue weighted by Gasteiger charge is 2.11. The van der Waals surface area contributed by atoms with Gasteiger partial charge in [-0.1, -0.05) is 6.07 Å². The third-order valence-electron chi connectivity index (χ3n) is 3.91. The predicted molar refractivity (Wildman–Crippen MR) is 106 cm³/mol. The van der Waals surface area contributed by atoms with E-state index in [1.807, 2.05) is 24.3 Å². The van der Waals surface area contributed by atoms with Gasteiger partial charge in [-0.3, -0.25) is 9.78 Å². The van der Waals surface area contributed by atoms with Crippen molar-refractivity contribution >= 4 is 28.9 Å². The Morgan fingerprint density at radius 1 is 0.893 bits per heavy atom. The van der Waals surface area contributed by atoms with Crippen molar-refractivity contribution in [1.82, 2.24) is 4.98 Å². The molecule has 0 bridgehead atoms. The van der Waals surface area contributed by atoms with Gasteiger partial charge in [0.15, 0.2) is 0 Å². The number of methoxy groups -OCH3 is 2. The summed E-state index contributed by atoms with van der Waals surface area (Å²) in [6, 6.07) is 17.3. The quantitative estimate of drug-likeness (QED) is 0.634. The van der Waals surface area contributed by atoms with Gasteiger partial charge in [-0.2, -0.15) is 0 Å². The number of carbonyl (C=O) groups is 2. The van der Waals surface area contributed by atoms with Crippen LogP contribution in [0.1, 0.15) is 20.8 Å². The SMILES string of the molecule is COC(=O)c1cccc(NC(=O)c2cc(Nc3ccc(OC)cc3)ccn2)c1. The van der Waals surface area contributed by atoms with E-state index < -0.39 is 5.97 Å². The molecule has 0 unspecified atom stereocenters. The molecule has 0 radical (unpaired) electrons. The molecule has 3 rings (SSSR count). The number of rotatable bonds is 6. The Labute approximate surface area is 162 Å². The molecule has 0 aliphatic rings. The van der Waals surface area contributed by atoms with Gasteiger partial charge >= 0.3 is 5.97 Å². The van der Waals surface area contributed by atoms with Crippen molar-refractivity contribution in [2.45, 2.75) is 0 Å². The number of hydrogen-bond acceptors (Lipinski definition) is 6. The molecule has 2 N–H and O–H groups in total. The Kier molecular flexibility index (Phi) is 5.86. The lowest BCUT2D eigenvalue weighted by Crippen LogP contribution is -2.14. The number of benzene rings is 2. The van der Waals surface area contributed by atoms with Gasteiger partial charge in [-0.15, -0.1) is 0 Å². The van der Waals surface area contributed by atoms with Gasteiger partial charge in [-0.25, -0.2) is 4.79 Å². The van der Waals surface area contributed by atoms with E-state index in [-0.39, 0.29) is 11.6 Å². The van der Waals surface area contributed by atoms with Crippen molar-refractivity contribution in [1.29, 1.82) is 0 Å². The molecule has 0 spiro atoms. The number of aromatic nitrogens is 1. The summed E-state index contributed by atoms with van der Waals surface area (Å²) in [7, 11) is 2.91. The highest BCUT2D eigenvalue weighted by atomic mass is 16.5. The molecule has 1 amide bonds. The minimum atomic E-state index is -0.472. The van der Waals surface area contributed by atoms with Crippen LogP contribution in [0.4, 0.5) is 17.1 Å². The normalized spacial score (nSPS) is 10.1. The molecule has 0 saturated heterocycles. The van der Waals surface area contributed by atoms with Crippen LogP contribution < -0.4 is 15.4 Å². The number of nitrogens with one attached hydrogen (secondary N) is 2. The van der Waals surface area contributed by atoms with E-state index in [0.717, 1.165) is 11.4 Å². The summed E-state index contributed by atoms with van der Waals surface area (Å²) in [4.78, 5) is 28.2. The van der Waals surface area contributed by atoms with E-state index in [4.69, 9.17) is 4.74 Å². The number of esters is 1. The largest absolute Gasteiger partial charge is 0.497 e. The molecule has 3 aromatic rings. The molecular weight excluding hydrogens is 358 g/mol. The van der Waals surface area contributed by atoms with Crippen LogP contribution in [0.25, 0.3) is 0 Å². The van der Waals surface area contributed by atoms with E-state index in [1.54, 1.807) is 49.7 Å². The molecule has 1 heterocycles. The Balaban J connectivity index is 1.72. The molecule has 0 atom stereocenters. The summed E-state index contributed by atoms with van der Waals surface area (Å²) in [6.07, 6.45) is 1.55. The van der Waals surface area contributed by atoms with E-state index in [1.165, 1.54) is 7.11 Å². The standard InChI is InChI=1S/C21H19N3O4/c1-27-18-8-6-15(7-9-18)23-17-10-11-22-19(13-17)20(25)24-16-5-3-4-14(12-16)21(26)28-2/h3-13H,1-2H3,(H,22,23)(H,24,25). The predicted octanol–water partition coefficient (Wildman–Crippen LogP) is 3.87. The molecule has 2 aromatic carbocycles. The molecule has 142 valence electrons. The Morgan fingerprint density at radius 3 is 2.39 bits per heavy atom. The highest BCUT2D eigenvalue weighted by Crippen LogP contribution is 2.20. The zero-order chi connectivity index (χ0) is 19.9. The fourth-order valence-corrected chi connectivity index (χ4v) is 2.51. The third-order valence-corrected chi connectivity index (χ3v) is 3.91. The van der Waals surface area contributed by atoms with Gasteiger partial charge in [0.25, 0.3) is 5.91 Å². The van der Waals surface area contributed by atoms with Crippen LogP contribution in [0.2, 0.25) is 0 Å². The molecule has 28 heavy (non-hydrogen) atoms. The van der Waals surface area contributed by atoms with Gasteiger partial charge < -0.3 is 20.1 Å². The molecular formula is C21H19N3O4. The first-order valence-corrected chi connectivity index (χ1v) is 8.46. The molecule has 0 aliphatic carbocycles. The van der Waals surface area contributed by atoms with Crippen molar-refractivity contribution in [2.75, 3.05) is 24.9 Å². The zero-order valence-electron chi connectivity index (χ0n) is 15.4. The van der Waals surface area contributed by atoms with Crippen LogP contribution in [-0.4, -0.2) is 31.1 Å². The smallest absolute Gasteiger partial charge is 0.337 e. The molecule has 7 heteroatoms. The van der Waals surface area contributed by atoms with Crippen molar-refractivity contribution in [2.24, 2.45) is 0 Å². The fraction of sp³-hybridized carbons (Fsp3) is 0.0952. The van der Waals surface area contributed by atoms with E-state index in [2.05, 4.69) is 20.4 Å². The fourth-order valence-electron chi connectivity index (χ4n) is 2.51.